The summed E-state index contributed by atoms with van der Waals surface area (Å²) < 4.78 is 29.1. The maximum Gasteiger partial charge on any atom is 0.150 e. The molecule has 5 nitrogen and oxygen atoms in total. The van der Waals surface area contributed by atoms with E-state index in [1.807, 2.05) is 0 Å². The molecule has 0 bridgehead atoms. The minimum absolute atomic E-state index is 0.101. The van der Waals surface area contributed by atoms with Crippen molar-refractivity contribution in [1.82, 2.24) is 10.6 Å². The van der Waals surface area contributed by atoms with Gasteiger partial charge in [-0.05, 0) is 63.7 Å². The van der Waals surface area contributed by atoms with Crippen LogP contribution >= 0.6 is 0 Å². The van der Waals surface area contributed by atoms with E-state index >= 15 is 0 Å². The highest BCUT2D eigenvalue weighted by Crippen LogP contribution is 2.33. The summed E-state index contributed by atoms with van der Waals surface area (Å²) in [6, 6.07) is 0.547. The molecule has 0 aromatic heterocycles. The molecule has 2 N–H and O–H groups in total. The summed E-state index contributed by atoms with van der Waals surface area (Å²) in [7, 11) is -2.86. The van der Waals surface area contributed by atoms with Gasteiger partial charge in [0, 0.05) is 25.4 Å². The largest absolute Gasteiger partial charge is 0.377 e. The van der Waals surface area contributed by atoms with E-state index in [1.165, 1.54) is 38.4 Å². The van der Waals surface area contributed by atoms with E-state index in [1.54, 1.807) is 0 Å². The molecule has 3 aliphatic rings. The molecule has 6 heteroatoms. The van der Waals surface area contributed by atoms with Gasteiger partial charge in [-0.1, -0.05) is 0 Å². The lowest BCUT2D eigenvalue weighted by Gasteiger charge is -2.39. The summed E-state index contributed by atoms with van der Waals surface area (Å²) in [6.07, 6.45) is 12.0. The van der Waals surface area contributed by atoms with Crippen LogP contribution in [0.2, 0.25) is 0 Å². The number of ether oxygens (including phenoxy) is 1. The van der Waals surface area contributed by atoms with Crippen LogP contribution < -0.4 is 10.6 Å². The van der Waals surface area contributed by atoms with Crippen molar-refractivity contribution < 1.29 is 13.2 Å². The lowest BCUT2D eigenvalue weighted by atomic mass is 9.80. The molecule has 1 aliphatic carbocycles. The fourth-order valence-corrected chi connectivity index (χ4v) is 5.63. The van der Waals surface area contributed by atoms with Gasteiger partial charge in [-0.15, -0.1) is 0 Å². The number of hydrogen-bond acceptors (Lipinski definition) is 5. The summed E-state index contributed by atoms with van der Waals surface area (Å²) in [5, 5.41) is 7.32. The smallest absolute Gasteiger partial charge is 0.150 e. The Labute approximate surface area is 140 Å². The first-order chi connectivity index (χ1) is 11.0. The Morgan fingerprint density at radius 3 is 2.48 bits per heavy atom. The van der Waals surface area contributed by atoms with Crippen molar-refractivity contribution in [1.29, 1.82) is 0 Å². The van der Waals surface area contributed by atoms with E-state index in [2.05, 4.69) is 10.6 Å². The first-order valence-corrected chi connectivity index (χ1v) is 11.3. The summed E-state index contributed by atoms with van der Waals surface area (Å²) in [5.41, 5.74) is 0. The van der Waals surface area contributed by atoms with Gasteiger partial charge in [-0.25, -0.2) is 8.42 Å². The Morgan fingerprint density at radius 2 is 1.83 bits per heavy atom. The highest BCUT2D eigenvalue weighted by Gasteiger charge is 2.34. The number of sulfone groups is 1. The van der Waals surface area contributed by atoms with Crippen LogP contribution in [0.5, 0.6) is 0 Å². The van der Waals surface area contributed by atoms with Gasteiger partial charge in [0.15, 0.2) is 0 Å². The molecule has 2 saturated heterocycles. The van der Waals surface area contributed by atoms with Crippen LogP contribution in [0.3, 0.4) is 0 Å². The van der Waals surface area contributed by atoms with Gasteiger partial charge in [0.1, 0.15) is 9.84 Å². The van der Waals surface area contributed by atoms with Gasteiger partial charge < -0.3 is 4.74 Å². The topological polar surface area (TPSA) is 67.4 Å². The average molecular weight is 345 g/mol. The van der Waals surface area contributed by atoms with Crippen LogP contribution in [0, 0.1) is 5.92 Å². The van der Waals surface area contributed by atoms with Gasteiger partial charge in [0.25, 0.3) is 0 Å². The minimum atomic E-state index is -2.86. The molecule has 3 rings (SSSR count). The van der Waals surface area contributed by atoms with Crippen molar-refractivity contribution >= 4 is 9.84 Å². The summed E-state index contributed by atoms with van der Waals surface area (Å²) in [6.45, 7) is 1.86. The fourth-order valence-electron chi connectivity index (χ4n) is 4.50. The Kier molecular flexibility index (Phi) is 5.99. The Balaban J connectivity index is 1.43. The predicted molar refractivity (Wildman–Crippen MR) is 92.1 cm³/mol. The third-order valence-electron chi connectivity index (χ3n) is 5.93. The first kappa shape index (κ1) is 17.6. The zero-order chi connectivity index (χ0) is 16.3. The molecular formula is C17H32N2O3S. The highest BCUT2D eigenvalue weighted by molar-refractivity contribution is 7.91. The third kappa shape index (κ3) is 4.91. The number of rotatable bonds is 5. The third-order valence-corrected chi connectivity index (χ3v) is 7.61. The van der Waals surface area contributed by atoms with Crippen LogP contribution in [0.15, 0.2) is 0 Å². The minimum Gasteiger partial charge on any atom is -0.377 e. The fraction of sp³-hybridized carbons (Fsp3) is 1.00. The van der Waals surface area contributed by atoms with E-state index < -0.39 is 9.84 Å². The molecule has 3 unspecified atom stereocenters. The van der Waals surface area contributed by atoms with Gasteiger partial charge in [0.2, 0.25) is 0 Å². The van der Waals surface area contributed by atoms with Crippen molar-refractivity contribution in [3.05, 3.63) is 0 Å². The Bertz CT molecular complexity index is 468. The molecule has 1 saturated carbocycles. The normalized spacial score (nSPS) is 39.4. The van der Waals surface area contributed by atoms with Crippen LogP contribution in [0.4, 0.5) is 0 Å². The quantitative estimate of drug-likeness (QED) is 0.796. The molecule has 0 aromatic rings. The summed E-state index contributed by atoms with van der Waals surface area (Å²) in [5.74, 6) is 0.639. The van der Waals surface area contributed by atoms with Crippen molar-refractivity contribution in [3.63, 3.8) is 0 Å². The first-order valence-electron chi connectivity index (χ1n) is 9.32. The van der Waals surface area contributed by atoms with E-state index in [0.717, 1.165) is 38.8 Å². The van der Waals surface area contributed by atoms with Crippen molar-refractivity contribution in [2.75, 3.05) is 19.4 Å². The molecule has 2 heterocycles. The van der Waals surface area contributed by atoms with Crippen molar-refractivity contribution in [3.8, 4) is 0 Å². The molecule has 0 amide bonds. The standard InChI is InChI=1S/C17H32N2O3S/c1-23(20,21)15-9-7-13(8-10-15)16-5-2-6-17(19-16)18-12-14-4-3-11-22-14/h13-19H,2-12H2,1H3. The van der Waals surface area contributed by atoms with Crippen LogP contribution in [0.1, 0.15) is 57.8 Å². The van der Waals surface area contributed by atoms with E-state index in [4.69, 9.17) is 4.74 Å². The molecule has 0 aromatic carbocycles. The molecule has 23 heavy (non-hydrogen) atoms. The van der Waals surface area contributed by atoms with Gasteiger partial charge >= 0.3 is 0 Å². The second-order valence-corrected chi connectivity index (χ2v) is 9.99. The molecule has 3 atom stereocenters. The predicted octanol–water partition coefficient (Wildman–Crippen LogP) is 1.83. The maximum atomic E-state index is 11.7. The summed E-state index contributed by atoms with van der Waals surface area (Å²) in [4.78, 5) is 0. The van der Waals surface area contributed by atoms with E-state index in [0.29, 0.717) is 24.2 Å². The van der Waals surface area contributed by atoms with Crippen LogP contribution in [-0.4, -0.2) is 51.4 Å². The van der Waals surface area contributed by atoms with Crippen LogP contribution in [-0.2, 0) is 14.6 Å². The second kappa shape index (κ2) is 7.81. The molecule has 134 valence electrons. The monoisotopic (exact) mass is 344 g/mol. The molecule has 2 aliphatic heterocycles. The average Bonchev–Trinajstić information content (AvgIpc) is 3.06. The number of nitrogens with one attached hydrogen (secondary N) is 2. The Hall–Kier alpha value is -0.170. The SMILES string of the molecule is CS(=O)(=O)C1CCC(C2CCCC(NCC3CCCO3)N2)CC1. The van der Waals surface area contributed by atoms with Gasteiger partial charge in [0.05, 0.1) is 17.5 Å². The van der Waals surface area contributed by atoms with Gasteiger partial charge in [-0.2, -0.15) is 0 Å². The Morgan fingerprint density at radius 1 is 1.04 bits per heavy atom. The van der Waals surface area contributed by atoms with E-state index in [-0.39, 0.29) is 5.25 Å². The van der Waals surface area contributed by atoms with Crippen molar-refractivity contribution in [2.45, 2.75) is 81.3 Å². The molecular weight excluding hydrogens is 312 g/mol. The van der Waals surface area contributed by atoms with Gasteiger partial charge in [-0.3, -0.25) is 10.6 Å². The lowest BCUT2D eigenvalue weighted by molar-refractivity contribution is 0.100. The van der Waals surface area contributed by atoms with Crippen LogP contribution in [0.25, 0.3) is 0 Å². The maximum absolute atomic E-state index is 11.7. The zero-order valence-electron chi connectivity index (χ0n) is 14.3. The number of piperidine rings is 1. The molecule has 0 radical (unpaired) electrons. The summed E-state index contributed by atoms with van der Waals surface area (Å²) >= 11 is 0. The molecule has 0 spiro atoms. The zero-order valence-corrected chi connectivity index (χ0v) is 15.1. The second-order valence-electron chi connectivity index (χ2n) is 7.67. The molecule has 3 fully saturated rings. The van der Waals surface area contributed by atoms with E-state index in [9.17, 15) is 8.42 Å². The number of hydrogen-bond donors (Lipinski definition) is 2. The van der Waals surface area contributed by atoms with Crippen molar-refractivity contribution in [2.24, 2.45) is 5.92 Å². The lowest BCUT2D eigenvalue weighted by Crippen LogP contribution is -2.54. The highest BCUT2D eigenvalue weighted by atomic mass is 32.2.